The largest absolute Gasteiger partial charge is 0.463 e. The topological polar surface area (TPSA) is 61.5 Å². The maximum Gasteiger partial charge on any atom is 0.305 e. The predicted octanol–water partition coefficient (Wildman–Crippen LogP) is 12.0. The van der Waals surface area contributed by atoms with Crippen LogP contribution in [0, 0.1) is 46.3 Å². The summed E-state index contributed by atoms with van der Waals surface area (Å²) in [4.78, 5) is 12.5. The van der Waals surface area contributed by atoms with Gasteiger partial charge in [0.25, 0.3) is 0 Å². The zero-order valence-electron chi connectivity index (χ0n) is 32.7. The zero-order valence-corrected chi connectivity index (χ0v) is 32.7. The Balaban J connectivity index is 1.17. The summed E-state index contributed by atoms with van der Waals surface area (Å²) in [7, 11) is 0. The highest BCUT2D eigenvalue weighted by Gasteiger charge is 2.59. The van der Waals surface area contributed by atoms with Crippen molar-refractivity contribution in [3.05, 3.63) is 11.6 Å². The molecule has 4 heteroatoms. The van der Waals surface area contributed by atoms with E-state index in [4.69, 9.17) is 15.2 Å². The lowest BCUT2D eigenvalue weighted by atomic mass is 9.47. The van der Waals surface area contributed by atoms with Crippen LogP contribution in [0.3, 0.4) is 0 Å². The van der Waals surface area contributed by atoms with Crippen LogP contribution in [-0.2, 0) is 14.3 Å². The number of unbranched alkanes of at least 4 members (excludes halogenated alkanes) is 10. The minimum atomic E-state index is -0.203. The second kappa shape index (κ2) is 19.7. The average molecular weight is 670 g/mol. The van der Waals surface area contributed by atoms with Gasteiger partial charge in [0.05, 0.1) is 6.10 Å². The molecule has 0 saturated heterocycles. The van der Waals surface area contributed by atoms with Gasteiger partial charge in [-0.15, -0.1) is 0 Å². The van der Waals surface area contributed by atoms with Gasteiger partial charge in [-0.1, -0.05) is 137 Å². The summed E-state index contributed by atoms with van der Waals surface area (Å²) in [6.45, 7) is 15.6. The van der Waals surface area contributed by atoms with Gasteiger partial charge in [-0.25, -0.2) is 0 Å². The Kier molecular flexibility index (Phi) is 16.3. The Morgan fingerprint density at radius 2 is 1.54 bits per heavy atom. The van der Waals surface area contributed by atoms with Crippen molar-refractivity contribution in [3.8, 4) is 0 Å². The van der Waals surface area contributed by atoms with E-state index in [9.17, 15) is 4.79 Å². The highest BCUT2D eigenvalue weighted by molar-refractivity contribution is 5.69. The van der Waals surface area contributed by atoms with Crippen LogP contribution in [0.25, 0.3) is 0 Å². The molecule has 0 aliphatic heterocycles. The van der Waals surface area contributed by atoms with Crippen LogP contribution in [0.4, 0.5) is 0 Å². The third-order valence-electron chi connectivity index (χ3n) is 14.3. The van der Waals surface area contributed by atoms with Crippen molar-refractivity contribution < 1.29 is 14.3 Å². The van der Waals surface area contributed by atoms with Crippen molar-refractivity contribution in [3.63, 3.8) is 0 Å². The SMILES string of the molecule is CCCCCCCCCCCCCC(=O)OCC(CN)O[C@H]1CC[C@@]2(C)C(=CC[C@H]3[C@@H]4CC[C@H]([C@H](C)CCCC(C)C)[C@@]4(C)CC[C@@H]32)C1. The molecule has 4 aliphatic rings. The maximum atomic E-state index is 12.5. The van der Waals surface area contributed by atoms with Crippen LogP contribution in [0.2, 0.25) is 0 Å². The molecule has 4 rings (SSSR count). The number of ether oxygens (including phenoxy) is 2. The first-order chi connectivity index (χ1) is 23.1. The minimum absolute atomic E-state index is 0.0892. The summed E-state index contributed by atoms with van der Waals surface area (Å²) >= 11 is 0. The number of rotatable bonds is 22. The fourth-order valence-electron chi connectivity index (χ4n) is 11.4. The maximum absolute atomic E-state index is 12.5. The quantitative estimate of drug-likeness (QED) is 0.0708. The molecule has 3 saturated carbocycles. The van der Waals surface area contributed by atoms with E-state index in [-0.39, 0.29) is 18.2 Å². The van der Waals surface area contributed by atoms with E-state index in [1.54, 1.807) is 5.57 Å². The summed E-state index contributed by atoms with van der Waals surface area (Å²) < 4.78 is 12.2. The van der Waals surface area contributed by atoms with Crippen LogP contribution >= 0.6 is 0 Å². The van der Waals surface area contributed by atoms with E-state index in [1.165, 1.54) is 116 Å². The Morgan fingerprint density at radius 1 is 0.854 bits per heavy atom. The Labute approximate surface area is 297 Å². The van der Waals surface area contributed by atoms with Crippen LogP contribution < -0.4 is 5.73 Å². The predicted molar refractivity (Wildman–Crippen MR) is 203 cm³/mol. The fraction of sp³-hybridized carbons (Fsp3) is 0.932. The van der Waals surface area contributed by atoms with Crippen LogP contribution in [0.1, 0.15) is 189 Å². The fourth-order valence-corrected chi connectivity index (χ4v) is 11.4. The zero-order chi connectivity index (χ0) is 34.6. The molecule has 48 heavy (non-hydrogen) atoms. The number of carbonyl (C=O) groups excluding carboxylic acids is 1. The van der Waals surface area contributed by atoms with Crippen LogP contribution in [0.5, 0.6) is 0 Å². The van der Waals surface area contributed by atoms with Gasteiger partial charge in [-0.3, -0.25) is 4.79 Å². The summed E-state index contributed by atoms with van der Waals surface area (Å²) in [5.74, 6) is 5.11. The molecule has 3 fully saturated rings. The highest BCUT2D eigenvalue weighted by Crippen LogP contribution is 2.67. The van der Waals surface area contributed by atoms with Crippen molar-refractivity contribution in [2.24, 2.45) is 52.1 Å². The number of carbonyl (C=O) groups is 1. The van der Waals surface area contributed by atoms with Crippen molar-refractivity contribution in [2.45, 2.75) is 201 Å². The van der Waals surface area contributed by atoms with Gasteiger partial charge in [0.15, 0.2) is 0 Å². The molecule has 4 aliphatic carbocycles. The van der Waals surface area contributed by atoms with Crippen LogP contribution in [0.15, 0.2) is 11.6 Å². The third-order valence-corrected chi connectivity index (χ3v) is 14.3. The summed E-state index contributed by atoms with van der Waals surface area (Å²) in [6.07, 6.45) is 31.9. The van der Waals surface area contributed by atoms with Gasteiger partial charge in [-0.2, -0.15) is 0 Å². The van der Waals surface area contributed by atoms with E-state index in [2.05, 4.69) is 47.6 Å². The molecule has 4 nitrogen and oxygen atoms in total. The lowest BCUT2D eigenvalue weighted by molar-refractivity contribution is -0.150. The molecule has 0 bridgehead atoms. The molecule has 0 heterocycles. The number of fused-ring (bicyclic) bond motifs is 5. The summed E-state index contributed by atoms with van der Waals surface area (Å²) in [5, 5.41) is 0. The Hall–Kier alpha value is -0.870. The number of nitrogens with two attached hydrogens (primary N) is 1. The standard InChI is InChI=1S/C44H79NO3/c1-7-8-9-10-11-12-13-14-15-16-17-21-42(46)47-32-37(31-45)48-36-26-28-43(5)35(30-36)22-23-38-40-25-24-39(34(4)20-18-19-33(2)3)44(40,6)29-27-41(38)43/h22,33-34,36-41H,7-21,23-32,45H2,1-6H3/t34-,36+,37?,38+,39-,40+,41+,43+,44-/m1/s1. The van der Waals surface area contributed by atoms with E-state index in [0.717, 1.165) is 61.2 Å². The normalized spacial score (nSPS) is 32.7. The molecule has 0 spiro atoms. The van der Waals surface area contributed by atoms with Gasteiger partial charge in [-0.05, 0) is 104 Å². The van der Waals surface area contributed by atoms with Gasteiger partial charge >= 0.3 is 5.97 Å². The van der Waals surface area contributed by atoms with Gasteiger partial charge < -0.3 is 15.2 Å². The second-order valence-corrected chi connectivity index (χ2v) is 18.1. The molecule has 0 radical (unpaired) electrons. The molecular weight excluding hydrogens is 590 g/mol. The van der Waals surface area contributed by atoms with Gasteiger partial charge in [0.2, 0.25) is 0 Å². The summed E-state index contributed by atoms with van der Waals surface area (Å²) in [5.41, 5.74) is 8.66. The molecular formula is C44H79NO3. The van der Waals surface area contributed by atoms with Crippen molar-refractivity contribution >= 4 is 5.97 Å². The third kappa shape index (κ3) is 10.6. The molecule has 0 aromatic carbocycles. The number of hydrogen-bond donors (Lipinski definition) is 1. The molecule has 0 amide bonds. The van der Waals surface area contributed by atoms with Crippen LogP contribution in [-0.4, -0.2) is 31.3 Å². The highest BCUT2D eigenvalue weighted by atomic mass is 16.6. The van der Waals surface area contributed by atoms with Crippen molar-refractivity contribution in [2.75, 3.05) is 13.2 Å². The van der Waals surface area contributed by atoms with Gasteiger partial charge in [0.1, 0.15) is 12.7 Å². The number of allylic oxidation sites excluding steroid dienone is 1. The first kappa shape index (κ1) is 39.9. The van der Waals surface area contributed by atoms with Crippen molar-refractivity contribution in [1.29, 1.82) is 0 Å². The average Bonchev–Trinajstić information content (AvgIpc) is 3.42. The molecule has 0 aromatic heterocycles. The van der Waals surface area contributed by atoms with E-state index >= 15 is 0 Å². The molecule has 2 N–H and O–H groups in total. The van der Waals surface area contributed by atoms with E-state index in [1.807, 2.05) is 0 Å². The van der Waals surface area contributed by atoms with Crippen molar-refractivity contribution in [1.82, 2.24) is 0 Å². The number of hydrogen-bond acceptors (Lipinski definition) is 4. The van der Waals surface area contributed by atoms with Gasteiger partial charge in [0, 0.05) is 13.0 Å². The Morgan fingerprint density at radius 3 is 2.21 bits per heavy atom. The molecule has 1 unspecified atom stereocenters. The first-order valence-electron chi connectivity index (χ1n) is 21.3. The molecule has 278 valence electrons. The lowest BCUT2D eigenvalue weighted by Gasteiger charge is -2.58. The number of esters is 1. The molecule has 0 aromatic rings. The van der Waals surface area contributed by atoms with E-state index < -0.39 is 0 Å². The summed E-state index contributed by atoms with van der Waals surface area (Å²) in [6, 6.07) is 0. The second-order valence-electron chi connectivity index (χ2n) is 18.1. The first-order valence-corrected chi connectivity index (χ1v) is 21.3. The van der Waals surface area contributed by atoms with E-state index in [0.29, 0.717) is 30.4 Å². The monoisotopic (exact) mass is 670 g/mol. The Bertz CT molecular complexity index is 976. The molecule has 9 atom stereocenters. The smallest absolute Gasteiger partial charge is 0.305 e. The minimum Gasteiger partial charge on any atom is -0.463 e. The lowest BCUT2D eigenvalue weighted by Crippen LogP contribution is -2.51.